The van der Waals surface area contributed by atoms with Crippen molar-refractivity contribution < 1.29 is 14.3 Å². The molecule has 4 rings (SSSR count). The molecule has 0 radical (unpaired) electrons. The lowest BCUT2D eigenvalue weighted by atomic mass is 9.86. The van der Waals surface area contributed by atoms with Crippen LogP contribution in [0, 0.1) is 5.92 Å². The monoisotopic (exact) mass is 280 g/mol. The third-order valence-corrected chi connectivity index (χ3v) is 4.29. The molecule has 0 aromatic heterocycles. The highest BCUT2D eigenvalue weighted by Gasteiger charge is 2.74. The van der Waals surface area contributed by atoms with Gasteiger partial charge in [0.15, 0.2) is 0 Å². The van der Waals surface area contributed by atoms with E-state index >= 15 is 0 Å². The molecule has 106 valence electrons. The highest BCUT2D eigenvalue weighted by Crippen LogP contribution is 2.54. The first-order valence-electron chi connectivity index (χ1n) is 7.26. The van der Waals surface area contributed by atoms with Gasteiger partial charge in [0.05, 0.1) is 0 Å². The van der Waals surface area contributed by atoms with Crippen LogP contribution in [0.1, 0.15) is 11.1 Å². The molecule has 3 atom stereocenters. The van der Waals surface area contributed by atoms with Gasteiger partial charge in [0.1, 0.15) is 12.0 Å². The maximum absolute atomic E-state index is 11.8. The van der Waals surface area contributed by atoms with Gasteiger partial charge >= 0.3 is 5.97 Å². The summed E-state index contributed by atoms with van der Waals surface area (Å²) in [7, 11) is 0. The van der Waals surface area contributed by atoms with E-state index in [1.165, 1.54) is 5.56 Å². The molecule has 3 nitrogen and oxygen atoms in total. The third kappa shape index (κ3) is 2.14. The molecule has 0 aliphatic carbocycles. The van der Waals surface area contributed by atoms with Gasteiger partial charge in [0.2, 0.25) is 0 Å². The Kier molecular flexibility index (Phi) is 2.82. The first kappa shape index (κ1) is 12.6. The van der Waals surface area contributed by atoms with Crippen molar-refractivity contribution in [3.63, 3.8) is 0 Å². The zero-order chi connectivity index (χ0) is 14.3. The van der Waals surface area contributed by atoms with Crippen LogP contribution in [0.3, 0.4) is 0 Å². The summed E-state index contributed by atoms with van der Waals surface area (Å²) in [5.41, 5.74) is 2.35. The van der Waals surface area contributed by atoms with Crippen LogP contribution in [0.25, 0.3) is 0 Å². The van der Waals surface area contributed by atoms with Crippen LogP contribution in [-0.2, 0) is 27.1 Å². The highest BCUT2D eigenvalue weighted by atomic mass is 16.8. The lowest BCUT2D eigenvalue weighted by molar-refractivity contribution is -0.209. The first-order chi connectivity index (χ1) is 10.3. The van der Waals surface area contributed by atoms with Crippen LogP contribution in [0.5, 0.6) is 0 Å². The molecule has 2 saturated heterocycles. The van der Waals surface area contributed by atoms with Gasteiger partial charge in [-0.25, -0.2) is 0 Å². The number of hydrogen-bond donors (Lipinski definition) is 0. The number of benzene rings is 2. The number of hydrogen-bond acceptors (Lipinski definition) is 3. The minimum atomic E-state index is -0.664. The molecule has 0 saturated carbocycles. The van der Waals surface area contributed by atoms with Gasteiger partial charge in [-0.15, -0.1) is 0 Å². The molecule has 1 spiro atoms. The number of carbonyl (C=O) groups excluding carboxylic acids is 1. The minimum absolute atomic E-state index is 0.00804. The van der Waals surface area contributed by atoms with Gasteiger partial charge < -0.3 is 9.47 Å². The molecule has 2 aliphatic rings. The lowest BCUT2D eigenvalue weighted by Crippen LogP contribution is -2.51. The number of rotatable bonds is 4. The Hall–Kier alpha value is -2.13. The minimum Gasteiger partial charge on any atom is -0.429 e. The van der Waals surface area contributed by atoms with Crippen LogP contribution in [0.15, 0.2) is 60.7 Å². The maximum Gasteiger partial charge on any atom is 0.318 e. The average Bonchev–Trinajstić information content (AvgIpc) is 3.22. The predicted molar refractivity (Wildman–Crippen MR) is 77.5 cm³/mol. The van der Waals surface area contributed by atoms with Crippen LogP contribution >= 0.6 is 0 Å². The van der Waals surface area contributed by atoms with Gasteiger partial charge in [-0.1, -0.05) is 60.7 Å². The summed E-state index contributed by atoms with van der Waals surface area (Å²) in [5, 5.41) is 0. The SMILES string of the molecule is O=C1O[C@@]2(O[C@@H]2Cc2ccccc2)[C@H]1Cc1ccccc1. The number of epoxide rings is 1. The fourth-order valence-corrected chi connectivity index (χ4v) is 3.08. The summed E-state index contributed by atoms with van der Waals surface area (Å²) in [6, 6.07) is 20.2. The molecule has 2 aromatic rings. The Morgan fingerprint density at radius 2 is 1.43 bits per heavy atom. The van der Waals surface area contributed by atoms with Gasteiger partial charge in [0, 0.05) is 6.42 Å². The second kappa shape index (κ2) is 4.71. The summed E-state index contributed by atoms with van der Waals surface area (Å²) in [6.45, 7) is 0. The summed E-state index contributed by atoms with van der Waals surface area (Å²) in [4.78, 5) is 11.8. The quantitative estimate of drug-likeness (QED) is 0.638. The smallest absolute Gasteiger partial charge is 0.318 e. The van der Waals surface area contributed by atoms with E-state index in [-0.39, 0.29) is 18.0 Å². The van der Waals surface area contributed by atoms with Gasteiger partial charge in [-0.2, -0.15) is 0 Å². The second-order valence-corrected chi connectivity index (χ2v) is 5.68. The topological polar surface area (TPSA) is 38.8 Å². The highest BCUT2D eigenvalue weighted by molar-refractivity contribution is 5.81. The summed E-state index contributed by atoms with van der Waals surface area (Å²) >= 11 is 0. The Labute approximate surface area is 123 Å². The number of carbonyl (C=O) groups is 1. The lowest BCUT2D eigenvalue weighted by Gasteiger charge is -2.33. The molecule has 2 aliphatic heterocycles. The Morgan fingerprint density at radius 3 is 2.00 bits per heavy atom. The maximum atomic E-state index is 11.8. The molecule has 21 heavy (non-hydrogen) atoms. The molecule has 0 amide bonds. The van der Waals surface area contributed by atoms with Gasteiger partial charge in [-0.05, 0) is 17.5 Å². The number of ether oxygens (including phenoxy) is 2. The summed E-state index contributed by atoms with van der Waals surface area (Å²) in [6.07, 6.45) is 1.47. The predicted octanol–water partition coefficient (Wildman–Crippen LogP) is 2.74. The van der Waals surface area contributed by atoms with E-state index < -0.39 is 5.79 Å². The van der Waals surface area contributed by atoms with Crippen molar-refractivity contribution in [2.45, 2.75) is 24.7 Å². The van der Waals surface area contributed by atoms with Crippen molar-refractivity contribution in [2.24, 2.45) is 5.92 Å². The van der Waals surface area contributed by atoms with E-state index in [4.69, 9.17) is 9.47 Å². The van der Waals surface area contributed by atoms with Crippen molar-refractivity contribution >= 4 is 5.97 Å². The number of esters is 1. The normalized spacial score (nSPS) is 29.8. The van der Waals surface area contributed by atoms with Crippen LogP contribution in [0.2, 0.25) is 0 Å². The van der Waals surface area contributed by atoms with E-state index in [9.17, 15) is 4.79 Å². The molecule has 0 unspecified atom stereocenters. The van der Waals surface area contributed by atoms with Crippen LogP contribution < -0.4 is 0 Å². The van der Waals surface area contributed by atoms with Crippen LogP contribution in [-0.4, -0.2) is 17.9 Å². The molecule has 2 aromatic carbocycles. The first-order valence-corrected chi connectivity index (χ1v) is 7.26. The molecule has 0 N–H and O–H groups in total. The molecule has 0 bridgehead atoms. The Morgan fingerprint density at radius 1 is 0.857 bits per heavy atom. The molecule has 3 heteroatoms. The average molecular weight is 280 g/mol. The van der Waals surface area contributed by atoms with Crippen molar-refractivity contribution in [3.8, 4) is 0 Å². The van der Waals surface area contributed by atoms with E-state index in [1.54, 1.807) is 0 Å². The van der Waals surface area contributed by atoms with Crippen LogP contribution in [0.4, 0.5) is 0 Å². The Bertz CT molecular complexity index is 653. The van der Waals surface area contributed by atoms with E-state index in [1.807, 2.05) is 48.5 Å². The standard InChI is InChI=1S/C18H16O3/c19-17-15(11-13-7-3-1-4-8-13)18(21-17)16(20-18)12-14-9-5-2-6-10-14/h1-10,15-16H,11-12H2/t15-,16+,18-/m0/s1. The van der Waals surface area contributed by atoms with Gasteiger partial charge in [-0.3, -0.25) is 4.79 Å². The molecule has 2 heterocycles. The summed E-state index contributed by atoms with van der Waals surface area (Å²) < 4.78 is 11.1. The second-order valence-electron chi connectivity index (χ2n) is 5.68. The van der Waals surface area contributed by atoms with Crippen molar-refractivity contribution in [1.29, 1.82) is 0 Å². The fraction of sp³-hybridized carbons (Fsp3) is 0.278. The van der Waals surface area contributed by atoms with E-state index in [2.05, 4.69) is 12.1 Å². The third-order valence-electron chi connectivity index (χ3n) is 4.29. The zero-order valence-corrected chi connectivity index (χ0v) is 11.6. The molecular formula is C18H16O3. The largest absolute Gasteiger partial charge is 0.429 e. The van der Waals surface area contributed by atoms with Crippen molar-refractivity contribution in [1.82, 2.24) is 0 Å². The summed E-state index contributed by atoms with van der Waals surface area (Å²) in [5.74, 6) is -0.981. The molecule has 2 fully saturated rings. The van der Waals surface area contributed by atoms with Crippen molar-refractivity contribution in [3.05, 3.63) is 71.8 Å². The van der Waals surface area contributed by atoms with Crippen molar-refractivity contribution in [2.75, 3.05) is 0 Å². The zero-order valence-electron chi connectivity index (χ0n) is 11.6. The fourth-order valence-electron chi connectivity index (χ4n) is 3.08. The Balaban J connectivity index is 1.45. The molecular weight excluding hydrogens is 264 g/mol. The van der Waals surface area contributed by atoms with E-state index in [0.29, 0.717) is 6.42 Å². The van der Waals surface area contributed by atoms with E-state index in [0.717, 1.165) is 12.0 Å². The van der Waals surface area contributed by atoms with Gasteiger partial charge in [0.25, 0.3) is 5.79 Å².